The number of nitrogen functional groups attached to an aromatic ring is 1. The number of carbonyl (C=O) groups excluding carboxylic acids is 1. The Balaban J connectivity index is 1.82. The van der Waals surface area contributed by atoms with Gasteiger partial charge in [0.2, 0.25) is 5.91 Å². The van der Waals surface area contributed by atoms with E-state index in [0.717, 1.165) is 30.3 Å². The van der Waals surface area contributed by atoms with Gasteiger partial charge in [-0.25, -0.2) is 0 Å². The number of halogens is 1. The van der Waals surface area contributed by atoms with Crippen LogP contribution in [0.2, 0.25) is 0 Å². The number of nitrogens with two attached hydrogens (primary N) is 1. The smallest absolute Gasteiger partial charge is 0.224 e. The van der Waals surface area contributed by atoms with Crippen LogP contribution in [0.5, 0.6) is 0 Å². The molecule has 1 aliphatic rings. The van der Waals surface area contributed by atoms with Gasteiger partial charge in [-0.1, -0.05) is 15.9 Å². The molecule has 1 atom stereocenters. The molecule has 0 spiro atoms. The highest BCUT2D eigenvalue weighted by molar-refractivity contribution is 9.10. The summed E-state index contributed by atoms with van der Waals surface area (Å²) in [4.78, 5) is 11.8. The van der Waals surface area contributed by atoms with E-state index in [1.54, 1.807) is 12.1 Å². The van der Waals surface area contributed by atoms with Crippen molar-refractivity contribution in [2.45, 2.75) is 31.8 Å². The highest BCUT2D eigenvalue weighted by Crippen LogP contribution is 2.23. The van der Waals surface area contributed by atoms with Crippen LogP contribution >= 0.6 is 15.9 Å². The van der Waals surface area contributed by atoms with Gasteiger partial charge in [0.1, 0.15) is 0 Å². The average molecular weight is 313 g/mol. The quantitative estimate of drug-likeness (QED) is 0.840. The second kappa shape index (κ2) is 6.20. The average Bonchev–Trinajstić information content (AvgIpc) is 2.83. The molecule has 0 bridgehead atoms. The van der Waals surface area contributed by atoms with Crippen molar-refractivity contribution in [1.29, 1.82) is 0 Å². The minimum absolute atomic E-state index is 0.0143. The van der Waals surface area contributed by atoms with Crippen LogP contribution in [0.4, 0.5) is 11.4 Å². The predicted molar refractivity (Wildman–Crippen MR) is 75.4 cm³/mol. The normalized spacial score (nSPS) is 18.8. The lowest BCUT2D eigenvalue weighted by atomic mass is 10.1. The van der Waals surface area contributed by atoms with Gasteiger partial charge in [0.25, 0.3) is 0 Å². The van der Waals surface area contributed by atoms with E-state index in [9.17, 15) is 4.79 Å². The van der Waals surface area contributed by atoms with E-state index in [2.05, 4.69) is 21.2 Å². The van der Waals surface area contributed by atoms with E-state index in [4.69, 9.17) is 10.5 Å². The van der Waals surface area contributed by atoms with Crippen LogP contribution in [0.1, 0.15) is 25.7 Å². The largest absolute Gasteiger partial charge is 0.397 e. The maximum absolute atomic E-state index is 11.8. The Morgan fingerprint density at radius 2 is 2.39 bits per heavy atom. The van der Waals surface area contributed by atoms with Crippen LogP contribution in [0.3, 0.4) is 0 Å². The molecule has 4 nitrogen and oxygen atoms in total. The molecule has 0 aliphatic carbocycles. The lowest BCUT2D eigenvalue weighted by molar-refractivity contribution is -0.116. The Hall–Kier alpha value is -1.07. The lowest BCUT2D eigenvalue weighted by Crippen LogP contribution is -2.16. The predicted octanol–water partition coefficient (Wildman–Crippen LogP) is 2.93. The summed E-state index contributed by atoms with van der Waals surface area (Å²) in [5.74, 6) is -0.0143. The molecule has 98 valence electrons. The van der Waals surface area contributed by atoms with Crippen LogP contribution < -0.4 is 11.1 Å². The molecule has 2 rings (SSSR count). The fraction of sp³-hybridized carbons (Fsp3) is 0.462. The standard InChI is InChI=1S/C13H17BrN2O2/c14-9-3-5-12(11(15)8-9)16-13(17)6-4-10-2-1-7-18-10/h3,5,8,10H,1-2,4,6-7,15H2,(H,16,17). The third-order valence-corrected chi connectivity index (χ3v) is 3.50. The van der Waals surface area contributed by atoms with E-state index in [-0.39, 0.29) is 12.0 Å². The molecule has 1 amide bonds. The second-order valence-electron chi connectivity index (χ2n) is 4.45. The van der Waals surface area contributed by atoms with Crippen molar-refractivity contribution in [3.63, 3.8) is 0 Å². The number of nitrogens with one attached hydrogen (secondary N) is 1. The van der Waals surface area contributed by atoms with Crippen molar-refractivity contribution in [2.24, 2.45) is 0 Å². The van der Waals surface area contributed by atoms with Gasteiger partial charge < -0.3 is 15.8 Å². The minimum atomic E-state index is -0.0143. The van der Waals surface area contributed by atoms with Gasteiger partial charge in [-0.05, 0) is 37.5 Å². The number of benzene rings is 1. The Bertz CT molecular complexity index is 431. The minimum Gasteiger partial charge on any atom is -0.397 e. The van der Waals surface area contributed by atoms with E-state index in [1.807, 2.05) is 6.07 Å². The van der Waals surface area contributed by atoms with Crippen LogP contribution in [-0.2, 0) is 9.53 Å². The van der Waals surface area contributed by atoms with Crippen LogP contribution in [0.25, 0.3) is 0 Å². The number of anilines is 2. The second-order valence-corrected chi connectivity index (χ2v) is 5.37. The highest BCUT2D eigenvalue weighted by Gasteiger charge is 2.16. The van der Waals surface area contributed by atoms with Crippen LogP contribution in [0, 0.1) is 0 Å². The number of hydrogen-bond acceptors (Lipinski definition) is 3. The van der Waals surface area contributed by atoms with Gasteiger partial charge in [0.15, 0.2) is 0 Å². The van der Waals surface area contributed by atoms with Gasteiger partial charge >= 0.3 is 0 Å². The maximum Gasteiger partial charge on any atom is 0.224 e. The first-order valence-electron chi connectivity index (χ1n) is 6.11. The molecule has 0 radical (unpaired) electrons. The summed E-state index contributed by atoms with van der Waals surface area (Å²) in [6.07, 6.45) is 3.67. The zero-order valence-corrected chi connectivity index (χ0v) is 11.7. The zero-order chi connectivity index (χ0) is 13.0. The molecular formula is C13H17BrN2O2. The van der Waals surface area contributed by atoms with E-state index in [0.29, 0.717) is 17.8 Å². The molecule has 1 heterocycles. The lowest BCUT2D eigenvalue weighted by Gasteiger charge is -2.11. The maximum atomic E-state index is 11.8. The van der Waals surface area contributed by atoms with Crippen molar-refractivity contribution in [1.82, 2.24) is 0 Å². The first-order chi connectivity index (χ1) is 8.65. The molecule has 3 N–H and O–H groups in total. The molecule has 1 fully saturated rings. The summed E-state index contributed by atoms with van der Waals surface area (Å²) >= 11 is 3.33. The van der Waals surface area contributed by atoms with Crippen LogP contribution in [0.15, 0.2) is 22.7 Å². The number of amides is 1. The molecule has 1 aromatic rings. The number of ether oxygens (including phenoxy) is 1. The summed E-state index contributed by atoms with van der Waals surface area (Å²) in [6, 6.07) is 5.42. The number of hydrogen-bond donors (Lipinski definition) is 2. The fourth-order valence-electron chi connectivity index (χ4n) is 2.02. The summed E-state index contributed by atoms with van der Waals surface area (Å²) in [5.41, 5.74) is 7.05. The fourth-order valence-corrected chi connectivity index (χ4v) is 2.40. The molecule has 0 aromatic heterocycles. The first-order valence-corrected chi connectivity index (χ1v) is 6.91. The zero-order valence-electron chi connectivity index (χ0n) is 10.1. The monoisotopic (exact) mass is 312 g/mol. The Morgan fingerprint density at radius 1 is 1.56 bits per heavy atom. The Morgan fingerprint density at radius 3 is 3.06 bits per heavy atom. The summed E-state index contributed by atoms with van der Waals surface area (Å²) < 4.78 is 6.38. The molecular weight excluding hydrogens is 296 g/mol. The first kappa shape index (κ1) is 13.4. The van der Waals surface area contributed by atoms with Gasteiger partial charge in [0, 0.05) is 17.5 Å². The molecule has 5 heteroatoms. The molecule has 1 aliphatic heterocycles. The molecule has 0 saturated carbocycles. The summed E-state index contributed by atoms with van der Waals surface area (Å²) in [5, 5.41) is 2.82. The SMILES string of the molecule is Nc1cc(Br)ccc1NC(=O)CCC1CCCO1. The molecule has 18 heavy (non-hydrogen) atoms. The third kappa shape index (κ3) is 3.71. The summed E-state index contributed by atoms with van der Waals surface area (Å²) in [6.45, 7) is 0.825. The molecule has 1 saturated heterocycles. The molecule has 1 unspecified atom stereocenters. The summed E-state index contributed by atoms with van der Waals surface area (Å²) in [7, 11) is 0. The Labute approximate surface area is 115 Å². The highest BCUT2D eigenvalue weighted by atomic mass is 79.9. The molecule has 1 aromatic carbocycles. The van der Waals surface area contributed by atoms with Crippen LogP contribution in [-0.4, -0.2) is 18.6 Å². The van der Waals surface area contributed by atoms with Gasteiger partial charge in [0.05, 0.1) is 17.5 Å². The third-order valence-electron chi connectivity index (χ3n) is 3.01. The van der Waals surface area contributed by atoms with Gasteiger partial charge in [-0.3, -0.25) is 4.79 Å². The van der Waals surface area contributed by atoms with E-state index >= 15 is 0 Å². The Kier molecular flexibility index (Phi) is 4.60. The van der Waals surface area contributed by atoms with Gasteiger partial charge in [-0.2, -0.15) is 0 Å². The number of rotatable bonds is 4. The van der Waals surface area contributed by atoms with Gasteiger partial charge in [-0.15, -0.1) is 0 Å². The van der Waals surface area contributed by atoms with Crippen molar-refractivity contribution in [3.05, 3.63) is 22.7 Å². The van der Waals surface area contributed by atoms with E-state index in [1.165, 1.54) is 0 Å². The van der Waals surface area contributed by atoms with Crippen molar-refractivity contribution in [2.75, 3.05) is 17.7 Å². The van der Waals surface area contributed by atoms with Crippen molar-refractivity contribution in [3.8, 4) is 0 Å². The number of carbonyl (C=O) groups is 1. The topological polar surface area (TPSA) is 64.3 Å². The van der Waals surface area contributed by atoms with Crippen molar-refractivity contribution >= 4 is 33.2 Å². The van der Waals surface area contributed by atoms with E-state index < -0.39 is 0 Å². The van der Waals surface area contributed by atoms with Crippen molar-refractivity contribution < 1.29 is 9.53 Å².